The molecule has 9 aromatic rings. The minimum absolute atomic E-state index is 0.578. The molecular formula is C40H24N4O. The Morgan fingerprint density at radius 3 is 2.02 bits per heavy atom. The fraction of sp³-hybridized carbons (Fsp3) is 0. The highest BCUT2D eigenvalue weighted by Crippen LogP contribution is 2.39. The largest absolute Gasteiger partial charge is 0.455 e. The molecule has 9 rings (SSSR count). The van der Waals surface area contributed by atoms with Crippen LogP contribution >= 0.6 is 0 Å². The molecule has 6 aromatic carbocycles. The maximum absolute atomic E-state index is 6.46. The summed E-state index contributed by atoms with van der Waals surface area (Å²) in [5.74, 6) is 1.79. The Morgan fingerprint density at radius 1 is 0.444 bits per heavy atom. The van der Waals surface area contributed by atoms with Gasteiger partial charge >= 0.3 is 0 Å². The Bertz CT molecular complexity index is 2550. The summed E-state index contributed by atoms with van der Waals surface area (Å²) in [4.78, 5) is 20.0. The highest BCUT2D eigenvalue weighted by Gasteiger charge is 2.19. The first-order chi connectivity index (χ1) is 22.3. The Balaban J connectivity index is 1.30. The molecule has 0 saturated carbocycles. The van der Waals surface area contributed by atoms with Crippen LogP contribution in [0, 0.1) is 0 Å². The van der Waals surface area contributed by atoms with Gasteiger partial charge in [0.25, 0.3) is 0 Å². The maximum Gasteiger partial charge on any atom is 0.164 e. The number of fused-ring (bicyclic) bond motifs is 6. The molecule has 0 aliphatic heterocycles. The number of para-hydroxylation sites is 1. The van der Waals surface area contributed by atoms with Gasteiger partial charge < -0.3 is 4.42 Å². The minimum atomic E-state index is 0.578. The summed E-state index contributed by atoms with van der Waals surface area (Å²) in [6, 6.07) is 47.5. The summed E-state index contributed by atoms with van der Waals surface area (Å²) in [7, 11) is 0. The lowest BCUT2D eigenvalue weighted by Crippen LogP contribution is -2.00. The second-order valence-corrected chi connectivity index (χ2v) is 11.1. The molecule has 0 fully saturated rings. The summed E-state index contributed by atoms with van der Waals surface area (Å²) < 4.78 is 6.46. The predicted octanol–water partition coefficient (Wildman–Crippen LogP) is 10.1. The summed E-state index contributed by atoms with van der Waals surface area (Å²) in [5, 5.41) is 5.14. The zero-order chi connectivity index (χ0) is 29.7. The van der Waals surface area contributed by atoms with Crippen molar-refractivity contribution in [3.63, 3.8) is 0 Å². The molecule has 0 aliphatic carbocycles. The summed E-state index contributed by atoms with van der Waals surface area (Å²) in [6.45, 7) is 0. The Morgan fingerprint density at radius 2 is 1.13 bits per heavy atom. The molecule has 0 N–H and O–H groups in total. The molecule has 0 bridgehead atoms. The average Bonchev–Trinajstić information content (AvgIpc) is 3.51. The van der Waals surface area contributed by atoms with E-state index in [2.05, 4.69) is 91.0 Å². The Kier molecular flexibility index (Phi) is 5.74. The van der Waals surface area contributed by atoms with E-state index in [4.69, 9.17) is 24.4 Å². The monoisotopic (exact) mass is 576 g/mol. The third-order valence-corrected chi connectivity index (χ3v) is 8.35. The van der Waals surface area contributed by atoms with Crippen molar-refractivity contribution < 1.29 is 4.42 Å². The average molecular weight is 577 g/mol. The van der Waals surface area contributed by atoms with Crippen molar-refractivity contribution in [2.45, 2.75) is 0 Å². The van der Waals surface area contributed by atoms with Crippen molar-refractivity contribution in [1.29, 1.82) is 0 Å². The van der Waals surface area contributed by atoms with E-state index in [1.807, 2.05) is 54.7 Å². The van der Waals surface area contributed by atoms with Gasteiger partial charge in [0.1, 0.15) is 11.2 Å². The van der Waals surface area contributed by atoms with Crippen LogP contribution in [0.15, 0.2) is 150 Å². The number of pyridine rings is 1. The first kappa shape index (κ1) is 25.3. The summed E-state index contributed by atoms with van der Waals surface area (Å²) >= 11 is 0. The van der Waals surface area contributed by atoms with Gasteiger partial charge in [-0.1, -0.05) is 109 Å². The van der Waals surface area contributed by atoms with Crippen LogP contribution < -0.4 is 0 Å². The lowest BCUT2D eigenvalue weighted by molar-refractivity contribution is 0.672. The SMILES string of the molecule is c1ccc(-c2cccc(-c3nc(-c4ccc5ccccc5c4)nc(-c4cccc5oc6c7ccccc7ncc6c45)n3)c2)cc1. The van der Waals surface area contributed by atoms with E-state index in [9.17, 15) is 0 Å². The molecule has 45 heavy (non-hydrogen) atoms. The number of rotatable bonds is 4. The molecule has 5 heteroatoms. The quantitative estimate of drug-likeness (QED) is 0.209. The molecule has 0 saturated heterocycles. The number of furan rings is 1. The van der Waals surface area contributed by atoms with Gasteiger partial charge in [-0.15, -0.1) is 0 Å². The van der Waals surface area contributed by atoms with E-state index >= 15 is 0 Å². The van der Waals surface area contributed by atoms with Gasteiger partial charge in [0, 0.05) is 39.0 Å². The Hall–Kier alpha value is -6.20. The zero-order valence-electron chi connectivity index (χ0n) is 24.1. The summed E-state index contributed by atoms with van der Waals surface area (Å²) in [6.07, 6.45) is 1.89. The number of hydrogen-bond acceptors (Lipinski definition) is 5. The molecule has 210 valence electrons. The van der Waals surface area contributed by atoms with Crippen LogP contribution in [0.2, 0.25) is 0 Å². The van der Waals surface area contributed by atoms with Crippen molar-refractivity contribution in [3.8, 4) is 45.3 Å². The van der Waals surface area contributed by atoms with Gasteiger partial charge in [-0.2, -0.15) is 0 Å². The fourth-order valence-corrected chi connectivity index (χ4v) is 6.15. The lowest BCUT2D eigenvalue weighted by Gasteiger charge is -2.11. The topological polar surface area (TPSA) is 64.7 Å². The van der Waals surface area contributed by atoms with E-state index in [0.717, 1.165) is 66.0 Å². The molecule has 0 unspecified atom stereocenters. The van der Waals surface area contributed by atoms with Crippen LogP contribution in [0.25, 0.3) is 88.9 Å². The maximum atomic E-state index is 6.46. The van der Waals surface area contributed by atoms with E-state index in [1.54, 1.807) is 0 Å². The second kappa shape index (κ2) is 10.2. The number of nitrogens with zero attached hydrogens (tertiary/aromatic N) is 4. The molecule has 5 nitrogen and oxygen atoms in total. The van der Waals surface area contributed by atoms with Crippen LogP contribution in [0.3, 0.4) is 0 Å². The second-order valence-electron chi connectivity index (χ2n) is 11.1. The van der Waals surface area contributed by atoms with Crippen molar-refractivity contribution in [3.05, 3.63) is 146 Å². The molecule has 3 aromatic heterocycles. The lowest BCUT2D eigenvalue weighted by atomic mass is 10.0. The van der Waals surface area contributed by atoms with Crippen LogP contribution in [0.4, 0.5) is 0 Å². The van der Waals surface area contributed by atoms with Crippen molar-refractivity contribution in [2.75, 3.05) is 0 Å². The standard InChI is InChI=1S/C40H24N4O/c1-2-10-25(11-3-1)28-14-8-15-29(22-28)38-42-39(30-21-20-26-12-4-5-13-27(26)23-30)44-40(43-38)32-17-9-19-35-36(32)33-24-41-34-18-7-6-16-31(34)37(33)45-35/h1-24H. The van der Waals surface area contributed by atoms with Gasteiger partial charge in [-0.05, 0) is 52.2 Å². The zero-order valence-corrected chi connectivity index (χ0v) is 24.1. The van der Waals surface area contributed by atoms with Crippen LogP contribution in [0.5, 0.6) is 0 Å². The highest BCUT2D eigenvalue weighted by molar-refractivity contribution is 6.17. The Labute approximate surface area is 258 Å². The van der Waals surface area contributed by atoms with Gasteiger partial charge in [0.05, 0.1) is 5.52 Å². The normalized spacial score (nSPS) is 11.6. The molecular weight excluding hydrogens is 552 g/mol. The fourth-order valence-electron chi connectivity index (χ4n) is 6.15. The molecule has 0 spiro atoms. The van der Waals surface area contributed by atoms with Gasteiger partial charge in [0.2, 0.25) is 0 Å². The van der Waals surface area contributed by atoms with E-state index in [0.29, 0.717) is 17.5 Å². The van der Waals surface area contributed by atoms with Gasteiger partial charge in [0.15, 0.2) is 17.5 Å². The van der Waals surface area contributed by atoms with Crippen LogP contribution in [0.1, 0.15) is 0 Å². The van der Waals surface area contributed by atoms with E-state index in [1.165, 1.54) is 5.39 Å². The van der Waals surface area contributed by atoms with Crippen LogP contribution in [-0.4, -0.2) is 19.9 Å². The number of benzene rings is 6. The third-order valence-electron chi connectivity index (χ3n) is 8.35. The van der Waals surface area contributed by atoms with Gasteiger partial charge in [-0.25, -0.2) is 15.0 Å². The molecule has 0 atom stereocenters. The molecule has 0 amide bonds. The van der Waals surface area contributed by atoms with Crippen molar-refractivity contribution >= 4 is 43.6 Å². The molecule has 3 heterocycles. The molecule has 0 aliphatic rings. The van der Waals surface area contributed by atoms with E-state index in [-0.39, 0.29) is 0 Å². The number of aromatic nitrogens is 4. The minimum Gasteiger partial charge on any atom is -0.455 e. The molecule has 0 radical (unpaired) electrons. The first-order valence-electron chi connectivity index (χ1n) is 14.9. The van der Waals surface area contributed by atoms with Crippen molar-refractivity contribution in [2.24, 2.45) is 0 Å². The number of hydrogen-bond donors (Lipinski definition) is 0. The van der Waals surface area contributed by atoms with Crippen molar-refractivity contribution in [1.82, 2.24) is 19.9 Å². The predicted molar refractivity (Wildman–Crippen MR) is 182 cm³/mol. The smallest absolute Gasteiger partial charge is 0.164 e. The van der Waals surface area contributed by atoms with Crippen LogP contribution in [-0.2, 0) is 0 Å². The van der Waals surface area contributed by atoms with E-state index < -0.39 is 0 Å². The highest BCUT2D eigenvalue weighted by atomic mass is 16.3. The van der Waals surface area contributed by atoms with Gasteiger partial charge in [-0.3, -0.25) is 4.98 Å². The third kappa shape index (κ3) is 4.33. The first-order valence-corrected chi connectivity index (χ1v) is 14.9. The summed E-state index contributed by atoms with van der Waals surface area (Å²) in [5.41, 5.74) is 7.41.